The van der Waals surface area contributed by atoms with Gasteiger partial charge in [-0.1, -0.05) is 26.0 Å². The molecule has 0 radical (unpaired) electrons. The lowest BCUT2D eigenvalue weighted by molar-refractivity contribution is -0.384. The van der Waals surface area contributed by atoms with Crippen LogP contribution in [0.25, 0.3) is 11.3 Å². The predicted octanol–water partition coefficient (Wildman–Crippen LogP) is 3.79. The number of hydrogen-bond donors (Lipinski definition) is 1. The number of ether oxygens (including phenoxy) is 1. The number of benzene rings is 2. The van der Waals surface area contributed by atoms with E-state index in [0.717, 1.165) is 29.5 Å². The Morgan fingerprint density at radius 3 is 2.55 bits per heavy atom. The van der Waals surface area contributed by atoms with E-state index in [4.69, 9.17) is 9.37 Å². The Morgan fingerprint density at radius 2 is 1.90 bits per heavy atom. The summed E-state index contributed by atoms with van der Waals surface area (Å²) in [6.45, 7) is 3.80. The molecule has 0 aliphatic heterocycles. The molecular weight excluding hydrogens is 376 g/mol. The first-order valence-corrected chi connectivity index (χ1v) is 9.13. The summed E-state index contributed by atoms with van der Waals surface area (Å²) in [5.41, 5.74) is 3.47. The van der Waals surface area contributed by atoms with E-state index in [0.29, 0.717) is 11.4 Å². The molecule has 2 aromatic carbocycles. The topological polar surface area (TPSA) is 120 Å². The second-order valence-corrected chi connectivity index (χ2v) is 6.25. The van der Waals surface area contributed by atoms with E-state index >= 15 is 0 Å². The van der Waals surface area contributed by atoms with Gasteiger partial charge in [-0.15, -0.1) is 0 Å². The lowest BCUT2D eigenvalue weighted by atomic mass is 9.98. The molecule has 1 amide bonds. The molecule has 0 fully saturated rings. The van der Waals surface area contributed by atoms with Crippen molar-refractivity contribution in [2.75, 3.05) is 11.9 Å². The predicted molar refractivity (Wildman–Crippen MR) is 106 cm³/mol. The van der Waals surface area contributed by atoms with Crippen LogP contribution in [-0.4, -0.2) is 27.8 Å². The SMILES string of the molecule is CCc1ccc(CC)c(-c2nonc2NC(=O)COc2ccc([N+](=O)[O-])cc2)c1. The zero-order chi connectivity index (χ0) is 20.8. The molecule has 0 unspecified atom stereocenters. The third kappa shape index (κ3) is 4.75. The maximum Gasteiger partial charge on any atom is 0.269 e. The summed E-state index contributed by atoms with van der Waals surface area (Å²) in [5.74, 6) is 0.100. The molecule has 1 aromatic heterocycles. The molecule has 3 aromatic rings. The van der Waals surface area contributed by atoms with Gasteiger partial charge in [0.15, 0.2) is 12.3 Å². The molecule has 0 bridgehead atoms. The Balaban J connectivity index is 1.70. The van der Waals surface area contributed by atoms with Crippen molar-refractivity contribution in [3.05, 3.63) is 63.7 Å². The summed E-state index contributed by atoms with van der Waals surface area (Å²) in [5, 5.41) is 21.1. The van der Waals surface area contributed by atoms with E-state index in [1.165, 1.54) is 24.3 Å². The highest BCUT2D eigenvalue weighted by molar-refractivity contribution is 5.94. The van der Waals surface area contributed by atoms with Gasteiger partial charge in [-0.2, -0.15) is 0 Å². The van der Waals surface area contributed by atoms with E-state index in [-0.39, 0.29) is 18.1 Å². The van der Waals surface area contributed by atoms with E-state index in [1.54, 1.807) is 0 Å². The summed E-state index contributed by atoms with van der Waals surface area (Å²) < 4.78 is 10.2. The number of nitrogens with zero attached hydrogens (tertiary/aromatic N) is 3. The summed E-state index contributed by atoms with van der Waals surface area (Å²) in [6.07, 6.45) is 1.66. The van der Waals surface area contributed by atoms with Crippen LogP contribution in [-0.2, 0) is 17.6 Å². The second-order valence-electron chi connectivity index (χ2n) is 6.25. The van der Waals surface area contributed by atoms with Gasteiger partial charge in [0.05, 0.1) is 4.92 Å². The van der Waals surface area contributed by atoms with Crippen molar-refractivity contribution in [1.29, 1.82) is 0 Å². The smallest absolute Gasteiger partial charge is 0.269 e. The van der Waals surface area contributed by atoms with Gasteiger partial charge >= 0.3 is 0 Å². The Kier molecular flexibility index (Phi) is 6.18. The first-order chi connectivity index (χ1) is 14.0. The summed E-state index contributed by atoms with van der Waals surface area (Å²) in [7, 11) is 0. The fraction of sp³-hybridized carbons (Fsp3) is 0.250. The number of carbonyl (C=O) groups excluding carboxylic acids is 1. The van der Waals surface area contributed by atoms with Crippen LogP contribution < -0.4 is 10.1 Å². The fourth-order valence-electron chi connectivity index (χ4n) is 2.80. The van der Waals surface area contributed by atoms with Crippen LogP contribution in [0.2, 0.25) is 0 Å². The van der Waals surface area contributed by atoms with Crippen LogP contribution in [0.4, 0.5) is 11.5 Å². The number of anilines is 1. The monoisotopic (exact) mass is 396 g/mol. The van der Waals surface area contributed by atoms with Crippen LogP contribution in [0.5, 0.6) is 5.75 Å². The van der Waals surface area contributed by atoms with Gasteiger partial charge in [-0.05, 0) is 52.5 Å². The summed E-state index contributed by atoms with van der Waals surface area (Å²) >= 11 is 0. The number of non-ortho nitro benzene ring substituents is 1. The number of carbonyl (C=O) groups is 1. The zero-order valence-electron chi connectivity index (χ0n) is 16.0. The molecule has 0 saturated carbocycles. The van der Waals surface area contributed by atoms with Gasteiger partial charge < -0.3 is 10.1 Å². The zero-order valence-corrected chi connectivity index (χ0v) is 16.0. The number of nitro benzene ring substituents is 1. The molecule has 9 nitrogen and oxygen atoms in total. The average molecular weight is 396 g/mol. The highest BCUT2D eigenvalue weighted by atomic mass is 16.6. The Hall–Kier alpha value is -3.75. The molecule has 29 heavy (non-hydrogen) atoms. The Labute approximate surface area is 166 Å². The van der Waals surface area contributed by atoms with Crippen molar-refractivity contribution in [3.63, 3.8) is 0 Å². The largest absolute Gasteiger partial charge is 0.484 e. The second kappa shape index (κ2) is 8.96. The lowest BCUT2D eigenvalue weighted by Crippen LogP contribution is -2.20. The molecule has 0 aliphatic carbocycles. The molecule has 1 heterocycles. The standard InChI is InChI=1S/C20H20N4O5/c1-3-13-5-6-14(4-2)17(11-13)19-20(23-29-22-19)21-18(25)12-28-16-9-7-15(8-10-16)24(26)27/h5-11H,3-4,12H2,1-2H3,(H,21,23,25). The number of nitro groups is 1. The van der Waals surface area contributed by atoms with Gasteiger partial charge in [-0.3, -0.25) is 14.9 Å². The van der Waals surface area contributed by atoms with Gasteiger partial charge in [-0.25, -0.2) is 4.63 Å². The number of hydrogen-bond acceptors (Lipinski definition) is 7. The number of rotatable bonds is 8. The Bertz CT molecular complexity index is 1010. The molecule has 0 spiro atoms. The quantitative estimate of drug-likeness (QED) is 0.454. The first-order valence-electron chi connectivity index (χ1n) is 9.13. The van der Waals surface area contributed by atoms with Gasteiger partial charge in [0, 0.05) is 17.7 Å². The number of aryl methyl sites for hydroxylation is 2. The fourth-order valence-corrected chi connectivity index (χ4v) is 2.80. The molecule has 1 N–H and O–H groups in total. The van der Waals surface area contributed by atoms with Crippen LogP contribution in [0.3, 0.4) is 0 Å². The number of aromatic nitrogens is 2. The highest BCUT2D eigenvalue weighted by Crippen LogP contribution is 2.29. The average Bonchev–Trinajstić information content (AvgIpc) is 3.19. The maximum absolute atomic E-state index is 12.3. The molecular formula is C20H20N4O5. The van der Waals surface area contributed by atoms with Gasteiger partial charge in [0.25, 0.3) is 11.6 Å². The summed E-state index contributed by atoms with van der Waals surface area (Å²) in [6, 6.07) is 11.6. The van der Waals surface area contributed by atoms with Crippen molar-refractivity contribution < 1.29 is 19.1 Å². The minimum Gasteiger partial charge on any atom is -0.484 e. The lowest BCUT2D eigenvalue weighted by Gasteiger charge is -2.09. The maximum atomic E-state index is 12.3. The van der Waals surface area contributed by atoms with Crippen molar-refractivity contribution in [2.24, 2.45) is 0 Å². The molecule has 0 atom stereocenters. The number of nitrogens with one attached hydrogen (secondary N) is 1. The van der Waals surface area contributed by atoms with E-state index < -0.39 is 10.8 Å². The van der Waals surface area contributed by atoms with Crippen molar-refractivity contribution in [2.45, 2.75) is 26.7 Å². The van der Waals surface area contributed by atoms with Crippen LogP contribution >= 0.6 is 0 Å². The molecule has 0 saturated heterocycles. The molecule has 3 rings (SSSR count). The van der Waals surface area contributed by atoms with Crippen LogP contribution in [0.1, 0.15) is 25.0 Å². The van der Waals surface area contributed by atoms with Crippen LogP contribution in [0, 0.1) is 10.1 Å². The highest BCUT2D eigenvalue weighted by Gasteiger charge is 2.18. The minimum absolute atomic E-state index is 0.0545. The van der Waals surface area contributed by atoms with Crippen molar-refractivity contribution >= 4 is 17.4 Å². The van der Waals surface area contributed by atoms with E-state index in [1.807, 2.05) is 19.1 Å². The van der Waals surface area contributed by atoms with E-state index in [9.17, 15) is 14.9 Å². The van der Waals surface area contributed by atoms with Crippen LogP contribution in [0.15, 0.2) is 47.1 Å². The van der Waals surface area contributed by atoms with E-state index in [2.05, 4.69) is 28.6 Å². The summed E-state index contributed by atoms with van der Waals surface area (Å²) in [4.78, 5) is 22.4. The Morgan fingerprint density at radius 1 is 1.14 bits per heavy atom. The third-order valence-electron chi connectivity index (χ3n) is 4.38. The first kappa shape index (κ1) is 20.0. The molecule has 0 aliphatic rings. The van der Waals surface area contributed by atoms with Crippen molar-refractivity contribution in [3.8, 4) is 17.0 Å². The molecule has 150 valence electrons. The van der Waals surface area contributed by atoms with Gasteiger partial charge in [0.1, 0.15) is 5.75 Å². The minimum atomic E-state index is -0.506. The third-order valence-corrected chi connectivity index (χ3v) is 4.38. The normalized spacial score (nSPS) is 10.6. The number of amides is 1. The van der Waals surface area contributed by atoms with Crippen molar-refractivity contribution in [1.82, 2.24) is 10.3 Å². The van der Waals surface area contributed by atoms with Gasteiger partial charge in [0.2, 0.25) is 5.82 Å². The molecule has 9 heteroatoms.